The number of fused-ring (bicyclic) bond motifs is 1. The van der Waals surface area contributed by atoms with Gasteiger partial charge in [-0.1, -0.05) is 24.3 Å². The molecule has 4 rings (SSSR count). The van der Waals surface area contributed by atoms with Gasteiger partial charge in [-0.15, -0.1) is 0 Å². The summed E-state index contributed by atoms with van der Waals surface area (Å²) in [6, 6.07) is 16.9. The highest BCUT2D eigenvalue weighted by Gasteiger charge is 2.28. The zero-order chi connectivity index (χ0) is 17.2. The van der Waals surface area contributed by atoms with Crippen LogP contribution in [0.25, 0.3) is 11.0 Å². The Balaban J connectivity index is 1.81. The van der Waals surface area contributed by atoms with E-state index >= 15 is 0 Å². The van der Waals surface area contributed by atoms with Gasteiger partial charge in [0, 0.05) is 33.2 Å². The van der Waals surface area contributed by atoms with E-state index in [1.807, 2.05) is 18.2 Å². The average molecular weight is 336 g/mol. The quantitative estimate of drug-likeness (QED) is 0.795. The fraction of sp³-hybridized carbons (Fsp3) is 0.350. The van der Waals surface area contributed by atoms with E-state index in [-0.39, 0.29) is 6.04 Å². The van der Waals surface area contributed by atoms with Gasteiger partial charge in [-0.3, -0.25) is 4.90 Å². The van der Waals surface area contributed by atoms with Crippen molar-refractivity contribution in [1.29, 1.82) is 0 Å². The molecule has 1 aliphatic heterocycles. The van der Waals surface area contributed by atoms with Gasteiger partial charge in [-0.25, -0.2) is 4.98 Å². The van der Waals surface area contributed by atoms with Crippen LogP contribution in [0.3, 0.4) is 0 Å². The van der Waals surface area contributed by atoms with Crippen molar-refractivity contribution >= 4 is 11.0 Å². The standard InChI is InChI=1S/C20H24N4O/c1-23-18-6-4-3-5-17(18)22-20(23)19(24-13-11-21-12-14-24)15-7-9-16(25-2)10-8-15/h3-10,19,21H,11-14H2,1-2H3. The molecule has 0 aliphatic carbocycles. The maximum absolute atomic E-state index is 5.33. The number of nitrogens with zero attached hydrogens (tertiary/aromatic N) is 3. The maximum atomic E-state index is 5.33. The van der Waals surface area contributed by atoms with Gasteiger partial charge >= 0.3 is 0 Å². The number of benzene rings is 2. The normalized spacial score (nSPS) is 16.9. The fourth-order valence-corrected chi connectivity index (χ4v) is 3.66. The van der Waals surface area contributed by atoms with Crippen molar-refractivity contribution in [2.75, 3.05) is 33.3 Å². The first-order valence-corrected chi connectivity index (χ1v) is 8.78. The molecule has 1 fully saturated rings. The molecule has 0 bridgehead atoms. The van der Waals surface area contributed by atoms with Crippen LogP contribution in [-0.4, -0.2) is 47.7 Å². The van der Waals surface area contributed by atoms with Gasteiger partial charge in [-0.2, -0.15) is 0 Å². The van der Waals surface area contributed by atoms with Crippen molar-refractivity contribution < 1.29 is 4.74 Å². The Labute approximate surface area is 148 Å². The number of nitrogens with one attached hydrogen (secondary N) is 1. The topological polar surface area (TPSA) is 42.3 Å². The summed E-state index contributed by atoms with van der Waals surface area (Å²) >= 11 is 0. The van der Waals surface area contributed by atoms with Gasteiger partial charge in [0.25, 0.3) is 0 Å². The van der Waals surface area contributed by atoms with E-state index in [9.17, 15) is 0 Å². The molecule has 3 aromatic rings. The summed E-state index contributed by atoms with van der Waals surface area (Å²) in [5.74, 6) is 1.97. The molecule has 5 nitrogen and oxygen atoms in total. The summed E-state index contributed by atoms with van der Waals surface area (Å²) in [4.78, 5) is 7.49. The first-order chi connectivity index (χ1) is 12.3. The van der Waals surface area contributed by atoms with Gasteiger partial charge in [-0.05, 0) is 29.8 Å². The molecule has 0 amide bonds. The Morgan fingerprint density at radius 1 is 1.04 bits per heavy atom. The van der Waals surface area contributed by atoms with Crippen LogP contribution >= 0.6 is 0 Å². The smallest absolute Gasteiger partial charge is 0.131 e. The number of aromatic nitrogens is 2. The Kier molecular flexibility index (Phi) is 4.42. The molecule has 1 aromatic heterocycles. The number of rotatable bonds is 4. The molecule has 1 N–H and O–H groups in total. The van der Waals surface area contributed by atoms with Crippen LogP contribution in [0, 0.1) is 0 Å². The second-order valence-corrected chi connectivity index (χ2v) is 6.48. The lowest BCUT2D eigenvalue weighted by molar-refractivity contribution is 0.190. The van der Waals surface area contributed by atoms with Crippen LogP contribution in [0.4, 0.5) is 0 Å². The average Bonchev–Trinajstić information content (AvgIpc) is 3.00. The summed E-state index contributed by atoms with van der Waals surface area (Å²) in [5, 5.41) is 3.44. The van der Waals surface area contributed by atoms with Crippen LogP contribution in [0.2, 0.25) is 0 Å². The van der Waals surface area contributed by atoms with Crippen molar-refractivity contribution in [2.24, 2.45) is 7.05 Å². The third-order valence-corrected chi connectivity index (χ3v) is 5.01. The van der Waals surface area contributed by atoms with E-state index in [0.717, 1.165) is 43.3 Å². The molecule has 1 aliphatic rings. The van der Waals surface area contributed by atoms with E-state index in [1.165, 1.54) is 11.1 Å². The monoisotopic (exact) mass is 336 g/mol. The van der Waals surface area contributed by atoms with Crippen molar-refractivity contribution in [3.63, 3.8) is 0 Å². The highest BCUT2D eigenvalue weighted by molar-refractivity contribution is 5.76. The minimum absolute atomic E-state index is 0.144. The Morgan fingerprint density at radius 2 is 1.76 bits per heavy atom. The molecule has 0 saturated carbocycles. The zero-order valence-electron chi connectivity index (χ0n) is 14.8. The molecule has 0 spiro atoms. The number of aryl methyl sites for hydroxylation is 1. The molecule has 0 radical (unpaired) electrons. The van der Waals surface area contributed by atoms with Crippen LogP contribution < -0.4 is 10.1 Å². The largest absolute Gasteiger partial charge is 0.497 e. The molecule has 2 aromatic carbocycles. The predicted molar refractivity (Wildman–Crippen MR) is 100.0 cm³/mol. The van der Waals surface area contributed by atoms with Gasteiger partial charge < -0.3 is 14.6 Å². The van der Waals surface area contributed by atoms with Crippen molar-refractivity contribution in [3.05, 3.63) is 59.9 Å². The Bertz CT molecular complexity index is 850. The fourth-order valence-electron chi connectivity index (χ4n) is 3.66. The molecule has 5 heteroatoms. The van der Waals surface area contributed by atoms with Crippen LogP contribution in [-0.2, 0) is 7.05 Å². The highest BCUT2D eigenvalue weighted by atomic mass is 16.5. The second-order valence-electron chi connectivity index (χ2n) is 6.48. The minimum Gasteiger partial charge on any atom is -0.497 e. The molecule has 2 heterocycles. The lowest BCUT2D eigenvalue weighted by Gasteiger charge is -2.34. The highest BCUT2D eigenvalue weighted by Crippen LogP contribution is 2.31. The summed E-state index contributed by atoms with van der Waals surface area (Å²) in [7, 11) is 3.82. The Hall–Kier alpha value is -2.37. The van der Waals surface area contributed by atoms with Gasteiger partial charge in [0.2, 0.25) is 0 Å². The maximum Gasteiger partial charge on any atom is 0.131 e. The Morgan fingerprint density at radius 3 is 2.44 bits per heavy atom. The van der Waals surface area contributed by atoms with Crippen LogP contribution in [0.15, 0.2) is 48.5 Å². The number of hydrogen-bond acceptors (Lipinski definition) is 4. The van der Waals surface area contributed by atoms with Gasteiger partial charge in [0.1, 0.15) is 11.6 Å². The lowest BCUT2D eigenvalue weighted by atomic mass is 10.0. The van der Waals surface area contributed by atoms with E-state index in [1.54, 1.807) is 7.11 Å². The number of piperazine rings is 1. The zero-order valence-corrected chi connectivity index (χ0v) is 14.8. The number of para-hydroxylation sites is 2. The third-order valence-electron chi connectivity index (χ3n) is 5.01. The van der Waals surface area contributed by atoms with Crippen molar-refractivity contribution in [2.45, 2.75) is 6.04 Å². The van der Waals surface area contributed by atoms with Crippen LogP contribution in [0.1, 0.15) is 17.4 Å². The number of hydrogen-bond donors (Lipinski definition) is 1. The van der Waals surface area contributed by atoms with Crippen molar-refractivity contribution in [3.8, 4) is 5.75 Å². The summed E-state index contributed by atoms with van der Waals surface area (Å²) in [5.41, 5.74) is 3.47. The summed E-state index contributed by atoms with van der Waals surface area (Å²) in [6.07, 6.45) is 0. The molecule has 1 saturated heterocycles. The first kappa shape index (κ1) is 16.1. The van der Waals surface area contributed by atoms with E-state index in [0.29, 0.717) is 0 Å². The van der Waals surface area contributed by atoms with Crippen LogP contribution in [0.5, 0.6) is 5.75 Å². The van der Waals surface area contributed by atoms with E-state index in [2.05, 4.69) is 52.2 Å². The van der Waals surface area contributed by atoms with Gasteiger partial charge in [0.05, 0.1) is 24.2 Å². The molecule has 1 atom stereocenters. The van der Waals surface area contributed by atoms with E-state index < -0.39 is 0 Å². The predicted octanol–water partition coefficient (Wildman–Crippen LogP) is 2.58. The molecule has 25 heavy (non-hydrogen) atoms. The first-order valence-electron chi connectivity index (χ1n) is 8.78. The van der Waals surface area contributed by atoms with E-state index in [4.69, 9.17) is 9.72 Å². The number of ether oxygens (including phenoxy) is 1. The number of methoxy groups -OCH3 is 1. The van der Waals surface area contributed by atoms with Gasteiger partial charge in [0.15, 0.2) is 0 Å². The molecular weight excluding hydrogens is 312 g/mol. The third kappa shape index (κ3) is 3.01. The number of imidazole rings is 1. The summed E-state index contributed by atoms with van der Waals surface area (Å²) < 4.78 is 7.56. The van der Waals surface area contributed by atoms with Crippen molar-refractivity contribution in [1.82, 2.24) is 19.8 Å². The lowest BCUT2D eigenvalue weighted by Crippen LogP contribution is -2.46. The molecule has 130 valence electrons. The second kappa shape index (κ2) is 6.86. The molecule has 1 unspecified atom stereocenters. The molecular formula is C20H24N4O. The summed E-state index contributed by atoms with van der Waals surface area (Å²) in [6.45, 7) is 4.05. The SMILES string of the molecule is COc1ccc(C(c2nc3ccccc3n2C)N2CCNCC2)cc1. The minimum atomic E-state index is 0.144.